The van der Waals surface area contributed by atoms with Gasteiger partial charge in [0.25, 0.3) is 5.91 Å². The van der Waals surface area contributed by atoms with Gasteiger partial charge in [-0.05, 0) is 35.6 Å². The van der Waals surface area contributed by atoms with Crippen LogP contribution in [0, 0.1) is 11.3 Å². The Bertz CT molecular complexity index is 1150. The monoisotopic (exact) mass is 435 g/mol. The zero-order valence-electron chi connectivity index (χ0n) is 18.4. The molecule has 7 nitrogen and oxygen atoms in total. The number of benzene rings is 2. The predicted molar refractivity (Wildman–Crippen MR) is 122 cm³/mol. The molecule has 1 atom stereocenters. The smallest absolute Gasteiger partial charge is 0.274 e. The summed E-state index contributed by atoms with van der Waals surface area (Å²) in [7, 11) is 0. The Balaban J connectivity index is 1.75. The van der Waals surface area contributed by atoms with Gasteiger partial charge < -0.3 is 15.0 Å². The number of ketones is 1. The maximum absolute atomic E-state index is 13.7. The largest absolute Gasteiger partial charge is 0.395 e. The first-order chi connectivity index (χ1) is 15.4. The quantitative estimate of drug-likeness (QED) is 0.260. The molecule has 1 aromatic heterocycles. The molecule has 0 saturated carbocycles. The van der Waals surface area contributed by atoms with Crippen molar-refractivity contribution in [3.05, 3.63) is 70.9 Å². The molecule has 0 aliphatic heterocycles. The van der Waals surface area contributed by atoms with Gasteiger partial charge in [-0.3, -0.25) is 14.8 Å². The van der Waals surface area contributed by atoms with E-state index in [0.717, 1.165) is 34.1 Å². The second kappa shape index (κ2) is 8.86. The van der Waals surface area contributed by atoms with Crippen LogP contribution < -0.4 is 10.8 Å². The number of aliphatic hydroxyl groups is 1. The van der Waals surface area contributed by atoms with Crippen LogP contribution >= 0.6 is 0 Å². The second-order valence-corrected chi connectivity index (χ2v) is 9.07. The summed E-state index contributed by atoms with van der Waals surface area (Å²) in [5.41, 5.74) is 5.65. The van der Waals surface area contributed by atoms with Crippen LogP contribution in [0.15, 0.2) is 48.5 Å². The summed E-state index contributed by atoms with van der Waals surface area (Å²) >= 11 is 0. The molecule has 2 aromatic carbocycles. The number of carbonyl (C=O) groups excluding carboxylic acids is 2. The van der Waals surface area contributed by atoms with Gasteiger partial charge in [0.15, 0.2) is 5.78 Å². The topological polar surface area (TPSA) is 104 Å². The fourth-order valence-electron chi connectivity index (χ4n) is 4.78. The van der Waals surface area contributed by atoms with Crippen molar-refractivity contribution in [3.63, 3.8) is 0 Å². The maximum Gasteiger partial charge on any atom is 0.274 e. The highest BCUT2D eigenvalue weighted by Crippen LogP contribution is 2.43. The van der Waals surface area contributed by atoms with Crippen LogP contribution in [0.3, 0.4) is 0 Å². The molecule has 0 bridgehead atoms. The normalized spacial score (nSPS) is 17.4. The highest BCUT2D eigenvalue weighted by atomic mass is 16.5. The number of fused-ring (bicyclic) bond motifs is 3. The standard InChI is InChI=1S/C25H29N3O4/c1-25(2)13-21-22(23(30)19(25)14-26-11-12-29)18-5-3-4-6-20(18)28(21)15-16-7-9-17(10-8-16)24(31)27-32/h3-10,19,26,29,32H,11-15H2,1-2H3,(H,27,31). The summed E-state index contributed by atoms with van der Waals surface area (Å²) in [4.78, 5) is 25.3. The van der Waals surface area contributed by atoms with Gasteiger partial charge in [0, 0.05) is 53.3 Å². The first-order valence-corrected chi connectivity index (χ1v) is 10.9. The van der Waals surface area contributed by atoms with Gasteiger partial charge in [0.2, 0.25) is 0 Å². The number of hydrogen-bond donors (Lipinski definition) is 4. The van der Waals surface area contributed by atoms with Crippen molar-refractivity contribution in [1.29, 1.82) is 0 Å². The number of nitrogens with one attached hydrogen (secondary N) is 2. The van der Waals surface area contributed by atoms with Gasteiger partial charge in [0.1, 0.15) is 0 Å². The summed E-state index contributed by atoms with van der Waals surface area (Å²) in [6.45, 7) is 5.89. The van der Waals surface area contributed by atoms with Crippen molar-refractivity contribution in [2.45, 2.75) is 26.8 Å². The van der Waals surface area contributed by atoms with Gasteiger partial charge in [-0.1, -0.05) is 44.2 Å². The van der Waals surface area contributed by atoms with Crippen molar-refractivity contribution < 1.29 is 19.9 Å². The van der Waals surface area contributed by atoms with Crippen molar-refractivity contribution in [2.24, 2.45) is 11.3 Å². The Kier molecular flexibility index (Phi) is 6.15. The molecule has 4 rings (SSSR count). The molecule has 0 saturated heterocycles. The van der Waals surface area contributed by atoms with E-state index in [1.807, 2.05) is 36.4 Å². The van der Waals surface area contributed by atoms with Crippen molar-refractivity contribution in [3.8, 4) is 0 Å². The number of hydrogen-bond acceptors (Lipinski definition) is 5. The lowest BCUT2D eigenvalue weighted by molar-refractivity contribution is 0.0705. The van der Waals surface area contributed by atoms with Gasteiger partial charge in [0.05, 0.1) is 6.61 Å². The second-order valence-electron chi connectivity index (χ2n) is 9.07. The molecule has 1 amide bonds. The Morgan fingerprint density at radius 3 is 2.56 bits per heavy atom. The first kappa shape index (κ1) is 22.2. The van der Waals surface area contributed by atoms with E-state index in [1.54, 1.807) is 17.6 Å². The van der Waals surface area contributed by atoms with Crippen molar-refractivity contribution >= 4 is 22.6 Å². The van der Waals surface area contributed by atoms with Crippen LogP contribution in [0.1, 0.15) is 45.8 Å². The van der Waals surface area contributed by atoms with E-state index in [0.29, 0.717) is 25.2 Å². The van der Waals surface area contributed by atoms with Gasteiger partial charge in [-0.2, -0.15) is 0 Å². The summed E-state index contributed by atoms with van der Waals surface area (Å²) in [6.07, 6.45) is 0.763. The van der Waals surface area contributed by atoms with E-state index in [2.05, 4.69) is 23.7 Å². The lowest BCUT2D eigenvalue weighted by atomic mass is 9.67. The highest BCUT2D eigenvalue weighted by Gasteiger charge is 2.43. The van der Waals surface area contributed by atoms with E-state index in [-0.39, 0.29) is 23.7 Å². The zero-order valence-corrected chi connectivity index (χ0v) is 18.4. The van der Waals surface area contributed by atoms with Crippen LogP contribution in [-0.2, 0) is 13.0 Å². The molecule has 32 heavy (non-hydrogen) atoms. The fraction of sp³-hybridized carbons (Fsp3) is 0.360. The Morgan fingerprint density at radius 1 is 1.16 bits per heavy atom. The molecule has 4 N–H and O–H groups in total. The molecule has 0 spiro atoms. The summed E-state index contributed by atoms with van der Waals surface area (Å²) in [6, 6.07) is 15.1. The summed E-state index contributed by atoms with van der Waals surface area (Å²) < 4.78 is 2.21. The van der Waals surface area contributed by atoms with Crippen LogP contribution in [0.25, 0.3) is 10.9 Å². The lowest BCUT2D eigenvalue weighted by Crippen LogP contribution is -2.44. The van der Waals surface area contributed by atoms with E-state index in [1.165, 1.54) is 0 Å². The molecule has 7 heteroatoms. The Labute approximate surface area is 187 Å². The molecule has 1 heterocycles. The number of para-hydroxylation sites is 1. The minimum atomic E-state index is -0.548. The lowest BCUT2D eigenvalue weighted by Gasteiger charge is -2.38. The number of hydroxylamine groups is 1. The molecule has 3 aromatic rings. The third kappa shape index (κ3) is 3.95. The van der Waals surface area contributed by atoms with Gasteiger partial charge in [-0.25, -0.2) is 5.48 Å². The van der Waals surface area contributed by atoms with Crippen molar-refractivity contribution in [1.82, 2.24) is 15.4 Å². The number of Topliss-reactive ketones (excluding diaryl/α,β-unsaturated/α-hetero) is 1. The molecule has 0 radical (unpaired) electrons. The average Bonchev–Trinajstić information content (AvgIpc) is 3.08. The molecule has 1 aliphatic carbocycles. The number of amides is 1. The number of aromatic nitrogens is 1. The minimum Gasteiger partial charge on any atom is -0.395 e. The molecule has 1 aliphatic rings. The van der Waals surface area contributed by atoms with Crippen LogP contribution in [-0.4, -0.2) is 46.3 Å². The maximum atomic E-state index is 13.7. The van der Waals surface area contributed by atoms with Crippen molar-refractivity contribution in [2.75, 3.05) is 19.7 Å². The average molecular weight is 436 g/mol. The van der Waals surface area contributed by atoms with E-state index < -0.39 is 5.91 Å². The van der Waals surface area contributed by atoms with Crippen LogP contribution in [0.4, 0.5) is 0 Å². The number of carbonyl (C=O) groups is 2. The first-order valence-electron chi connectivity index (χ1n) is 10.9. The van der Waals surface area contributed by atoms with E-state index in [9.17, 15) is 9.59 Å². The van der Waals surface area contributed by atoms with Crippen LogP contribution in [0.2, 0.25) is 0 Å². The molecular formula is C25H29N3O4. The third-order valence-electron chi connectivity index (χ3n) is 6.50. The Hall–Kier alpha value is -3.00. The van der Waals surface area contributed by atoms with Gasteiger partial charge in [-0.15, -0.1) is 0 Å². The highest BCUT2D eigenvalue weighted by molar-refractivity contribution is 6.11. The minimum absolute atomic E-state index is 0.0463. The molecule has 168 valence electrons. The van der Waals surface area contributed by atoms with Gasteiger partial charge >= 0.3 is 0 Å². The van der Waals surface area contributed by atoms with Crippen LogP contribution in [0.5, 0.6) is 0 Å². The Morgan fingerprint density at radius 2 is 1.88 bits per heavy atom. The SMILES string of the molecule is CC1(C)Cc2c(c3ccccc3n2Cc2ccc(C(=O)NO)cc2)C(=O)C1CNCCO. The van der Waals surface area contributed by atoms with E-state index >= 15 is 0 Å². The molecule has 0 fully saturated rings. The zero-order chi connectivity index (χ0) is 22.9. The summed E-state index contributed by atoms with van der Waals surface area (Å²) in [5, 5.41) is 22.1. The fourth-order valence-corrected chi connectivity index (χ4v) is 4.78. The van der Waals surface area contributed by atoms with E-state index in [4.69, 9.17) is 10.3 Å². The number of nitrogens with zero attached hydrogens (tertiary/aromatic N) is 1. The summed E-state index contributed by atoms with van der Waals surface area (Å²) in [5.74, 6) is -0.572. The molecule has 1 unspecified atom stereocenters. The third-order valence-corrected chi connectivity index (χ3v) is 6.50. The predicted octanol–water partition coefficient (Wildman–Crippen LogP) is 2.77. The molecular weight excluding hydrogens is 406 g/mol. The number of aliphatic hydroxyl groups excluding tert-OH is 1. The number of rotatable bonds is 7.